The maximum Gasteiger partial charge on any atom is 0.156 e. The average molecular weight is 358 g/mol. The molecule has 24 heavy (non-hydrogen) atoms. The zero-order chi connectivity index (χ0) is 17.3. The van der Waals surface area contributed by atoms with Crippen LogP contribution in [0.3, 0.4) is 0 Å². The predicted octanol–water partition coefficient (Wildman–Crippen LogP) is 5.25. The molecule has 0 bridgehead atoms. The number of allylic oxidation sites excluding steroid dienone is 1. The highest BCUT2D eigenvalue weighted by Gasteiger charge is 2.11. The standard InChI is InChI=1S/C18H13Cl2N3O/c1-10-3-4-15-16(5-10)23-18(22-15)12(9-21)6-11-7-13(19)17(24-2)14(20)8-11/h3-8H,1-2H3,(H,22,23). The van der Waals surface area contributed by atoms with Crippen LogP contribution in [0.1, 0.15) is 17.0 Å². The highest BCUT2D eigenvalue weighted by Crippen LogP contribution is 2.34. The quantitative estimate of drug-likeness (QED) is 0.651. The van der Waals surface area contributed by atoms with E-state index in [-0.39, 0.29) is 0 Å². The summed E-state index contributed by atoms with van der Waals surface area (Å²) in [5.41, 5.74) is 3.90. The predicted molar refractivity (Wildman–Crippen MR) is 97.3 cm³/mol. The van der Waals surface area contributed by atoms with E-state index < -0.39 is 0 Å². The van der Waals surface area contributed by atoms with Crippen LogP contribution >= 0.6 is 23.2 Å². The first-order valence-electron chi connectivity index (χ1n) is 7.13. The summed E-state index contributed by atoms with van der Waals surface area (Å²) in [5.74, 6) is 0.911. The number of imidazole rings is 1. The fraction of sp³-hybridized carbons (Fsp3) is 0.111. The Morgan fingerprint density at radius 1 is 1.25 bits per heavy atom. The number of benzene rings is 2. The summed E-state index contributed by atoms with van der Waals surface area (Å²) >= 11 is 12.3. The molecule has 0 spiro atoms. The molecule has 0 radical (unpaired) electrons. The lowest BCUT2D eigenvalue weighted by molar-refractivity contribution is 0.415. The molecule has 1 N–H and O–H groups in total. The minimum Gasteiger partial charge on any atom is -0.494 e. The Labute approximate surface area is 149 Å². The summed E-state index contributed by atoms with van der Waals surface area (Å²) in [6.07, 6.45) is 1.68. The van der Waals surface area contributed by atoms with Gasteiger partial charge in [0.25, 0.3) is 0 Å². The van der Waals surface area contributed by atoms with Gasteiger partial charge in [-0.2, -0.15) is 5.26 Å². The second-order valence-electron chi connectivity index (χ2n) is 5.29. The molecular formula is C18H13Cl2N3O. The third-order valence-electron chi connectivity index (χ3n) is 3.55. The number of methoxy groups -OCH3 is 1. The van der Waals surface area contributed by atoms with Gasteiger partial charge in [0.2, 0.25) is 0 Å². The molecular weight excluding hydrogens is 345 g/mol. The van der Waals surface area contributed by atoms with Gasteiger partial charge in [-0.3, -0.25) is 0 Å². The third kappa shape index (κ3) is 3.09. The van der Waals surface area contributed by atoms with Gasteiger partial charge >= 0.3 is 0 Å². The molecule has 0 aliphatic heterocycles. The summed E-state index contributed by atoms with van der Waals surface area (Å²) in [6.45, 7) is 2.00. The SMILES string of the molecule is COc1c(Cl)cc(C=C(C#N)c2nc3ccc(C)cc3[nH]2)cc1Cl. The van der Waals surface area contributed by atoms with Crippen LogP contribution in [-0.4, -0.2) is 17.1 Å². The van der Waals surface area contributed by atoms with Crippen molar-refractivity contribution in [2.75, 3.05) is 7.11 Å². The first-order chi connectivity index (χ1) is 11.5. The fourth-order valence-corrected chi connectivity index (χ4v) is 3.09. The maximum atomic E-state index is 9.49. The molecule has 2 aromatic carbocycles. The van der Waals surface area contributed by atoms with Crippen molar-refractivity contribution < 1.29 is 4.74 Å². The topological polar surface area (TPSA) is 61.7 Å². The number of hydrogen-bond acceptors (Lipinski definition) is 3. The number of H-pyrrole nitrogens is 1. The van der Waals surface area contributed by atoms with Crippen molar-refractivity contribution in [2.24, 2.45) is 0 Å². The second-order valence-corrected chi connectivity index (χ2v) is 6.11. The van der Waals surface area contributed by atoms with Crippen molar-refractivity contribution in [1.82, 2.24) is 9.97 Å². The Hall–Kier alpha value is -2.48. The van der Waals surface area contributed by atoms with E-state index in [9.17, 15) is 5.26 Å². The zero-order valence-electron chi connectivity index (χ0n) is 13.0. The van der Waals surface area contributed by atoms with Crippen molar-refractivity contribution in [2.45, 2.75) is 6.92 Å². The van der Waals surface area contributed by atoms with Crippen molar-refractivity contribution in [3.05, 3.63) is 57.3 Å². The van der Waals surface area contributed by atoms with E-state index in [4.69, 9.17) is 27.9 Å². The molecule has 0 saturated carbocycles. The van der Waals surface area contributed by atoms with Gasteiger partial charge in [-0.05, 0) is 48.4 Å². The van der Waals surface area contributed by atoms with E-state index in [1.54, 1.807) is 18.2 Å². The number of nitrogens with zero attached hydrogens (tertiary/aromatic N) is 2. The van der Waals surface area contributed by atoms with Crippen LogP contribution in [-0.2, 0) is 0 Å². The molecule has 4 nitrogen and oxygen atoms in total. The summed E-state index contributed by atoms with van der Waals surface area (Å²) < 4.78 is 5.13. The number of nitrogens with one attached hydrogen (secondary N) is 1. The number of hydrogen-bond donors (Lipinski definition) is 1. The van der Waals surface area contributed by atoms with Crippen molar-refractivity contribution in [3.8, 4) is 11.8 Å². The number of ether oxygens (including phenoxy) is 1. The van der Waals surface area contributed by atoms with E-state index in [0.717, 1.165) is 16.6 Å². The first kappa shape index (κ1) is 16.4. The number of rotatable bonds is 3. The normalized spacial score (nSPS) is 11.5. The van der Waals surface area contributed by atoms with E-state index in [2.05, 4.69) is 16.0 Å². The van der Waals surface area contributed by atoms with Gasteiger partial charge in [0.15, 0.2) is 5.75 Å². The Kier molecular flexibility index (Phi) is 4.48. The van der Waals surface area contributed by atoms with Crippen LogP contribution < -0.4 is 4.74 Å². The number of aromatic amines is 1. The van der Waals surface area contributed by atoms with Gasteiger partial charge in [-0.15, -0.1) is 0 Å². The maximum absolute atomic E-state index is 9.49. The van der Waals surface area contributed by atoms with Gasteiger partial charge in [0.1, 0.15) is 11.9 Å². The summed E-state index contributed by atoms with van der Waals surface area (Å²) in [6, 6.07) is 11.4. The third-order valence-corrected chi connectivity index (χ3v) is 4.11. The molecule has 0 amide bonds. The van der Waals surface area contributed by atoms with Crippen LogP contribution in [0.15, 0.2) is 30.3 Å². The fourth-order valence-electron chi connectivity index (χ4n) is 2.43. The van der Waals surface area contributed by atoms with E-state index >= 15 is 0 Å². The molecule has 1 aromatic heterocycles. The van der Waals surface area contributed by atoms with Crippen LogP contribution in [0, 0.1) is 18.3 Å². The van der Waals surface area contributed by atoms with Gasteiger partial charge in [0, 0.05) is 0 Å². The summed E-state index contributed by atoms with van der Waals surface area (Å²) in [5, 5.41) is 10.3. The molecule has 0 aliphatic carbocycles. The highest BCUT2D eigenvalue weighted by atomic mass is 35.5. The molecule has 0 saturated heterocycles. The van der Waals surface area contributed by atoms with Gasteiger partial charge in [-0.25, -0.2) is 4.98 Å². The number of halogens is 2. The van der Waals surface area contributed by atoms with Crippen molar-refractivity contribution in [1.29, 1.82) is 5.26 Å². The lowest BCUT2D eigenvalue weighted by Gasteiger charge is -2.06. The Morgan fingerprint density at radius 2 is 1.96 bits per heavy atom. The minimum absolute atomic E-state index is 0.383. The lowest BCUT2D eigenvalue weighted by Crippen LogP contribution is -1.88. The summed E-state index contributed by atoms with van der Waals surface area (Å²) in [4.78, 5) is 7.63. The number of aryl methyl sites for hydroxylation is 1. The largest absolute Gasteiger partial charge is 0.494 e. The van der Waals surface area contributed by atoms with Crippen LogP contribution in [0.4, 0.5) is 0 Å². The lowest BCUT2D eigenvalue weighted by atomic mass is 10.1. The van der Waals surface area contributed by atoms with Crippen LogP contribution in [0.2, 0.25) is 10.0 Å². The molecule has 0 aliphatic rings. The van der Waals surface area contributed by atoms with Gasteiger partial charge < -0.3 is 9.72 Å². The molecule has 6 heteroatoms. The average Bonchev–Trinajstić information content (AvgIpc) is 2.95. The molecule has 0 fully saturated rings. The van der Waals surface area contributed by atoms with Crippen molar-refractivity contribution >= 4 is 45.9 Å². The highest BCUT2D eigenvalue weighted by molar-refractivity contribution is 6.37. The van der Waals surface area contributed by atoms with Crippen LogP contribution in [0.25, 0.3) is 22.7 Å². The summed E-state index contributed by atoms with van der Waals surface area (Å²) in [7, 11) is 1.50. The number of nitriles is 1. The van der Waals surface area contributed by atoms with Gasteiger partial charge in [0.05, 0.1) is 33.8 Å². The molecule has 0 atom stereocenters. The molecule has 0 unspecified atom stereocenters. The van der Waals surface area contributed by atoms with Gasteiger partial charge in [-0.1, -0.05) is 29.3 Å². The molecule has 3 rings (SSSR count). The van der Waals surface area contributed by atoms with E-state index in [1.165, 1.54) is 7.11 Å². The van der Waals surface area contributed by atoms with Crippen molar-refractivity contribution in [3.63, 3.8) is 0 Å². The van der Waals surface area contributed by atoms with Crippen LogP contribution in [0.5, 0.6) is 5.75 Å². The minimum atomic E-state index is 0.383. The Balaban J connectivity index is 2.07. The smallest absolute Gasteiger partial charge is 0.156 e. The molecule has 3 aromatic rings. The van der Waals surface area contributed by atoms with E-state index in [0.29, 0.717) is 32.8 Å². The number of aromatic nitrogens is 2. The Bertz CT molecular complexity index is 976. The zero-order valence-corrected chi connectivity index (χ0v) is 14.5. The second kappa shape index (κ2) is 6.56. The number of fused-ring (bicyclic) bond motifs is 1. The monoisotopic (exact) mass is 357 g/mol. The Morgan fingerprint density at radius 3 is 2.58 bits per heavy atom. The van der Waals surface area contributed by atoms with E-state index in [1.807, 2.05) is 25.1 Å². The first-order valence-corrected chi connectivity index (χ1v) is 7.89. The molecule has 1 heterocycles. The molecule has 120 valence electrons.